The third-order valence-electron chi connectivity index (χ3n) is 7.65. The molecule has 0 aromatic heterocycles. The Morgan fingerprint density at radius 3 is 1.15 bits per heavy atom. The van der Waals surface area contributed by atoms with Crippen LogP contribution in [0, 0.1) is 0 Å². The first-order valence-corrected chi connectivity index (χ1v) is 19.4. The van der Waals surface area contributed by atoms with Gasteiger partial charge < -0.3 is 10.6 Å². The van der Waals surface area contributed by atoms with Crippen molar-refractivity contribution in [3.05, 3.63) is 131 Å². The van der Waals surface area contributed by atoms with E-state index < -0.39 is 20.0 Å². The predicted molar refractivity (Wildman–Crippen MR) is 191 cm³/mol. The number of amides is 2. The molecule has 0 fully saturated rings. The minimum atomic E-state index is -3.52. The van der Waals surface area contributed by atoms with E-state index in [1.165, 1.54) is 8.61 Å². The highest BCUT2D eigenvalue weighted by molar-refractivity contribution is 7.92. The van der Waals surface area contributed by atoms with Crippen molar-refractivity contribution in [1.29, 1.82) is 0 Å². The van der Waals surface area contributed by atoms with Gasteiger partial charge in [0.2, 0.25) is 20.0 Å². The third kappa shape index (κ3) is 11.0. The molecule has 0 saturated heterocycles. The summed E-state index contributed by atoms with van der Waals surface area (Å²) in [4.78, 5) is 25.3. The van der Waals surface area contributed by atoms with Crippen LogP contribution in [-0.4, -0.2) is 54.3 Å². The number of carbonyl (C=O) groups is 2. The maximum Gasteiger partial charge on any atom is 0.251 e. The normalized spacial score (nSPS) is 11.5. The Kier molecular flexibility index (Phi) is 12.8. The number of rotatable bonds is 17. The van der Waals surface area contributed by atoms with Crippen LogP contribution in [0.25, 0.3) is 0 Å². The van der Waals surface area contributed by atoms with Gasteiger partial charge >= 0.3 is 0 Å². The monoisotopic (exact) mass is 690 g/mol. The zero-order chi connectivity index (χ0) is 34.6. The molecule has 0 atom stereocenters. The molecule has 48 heavy (non-hydrogen) atoms. The van der Waals surface area contributed by atoms with Crippen molar-refractivity contribution in [2.24, 2.45) is 0 Å². The molecule has 2 N–H and O–H groups in total. The number of nitrogens with zero attached hydrogens (tertiary/aromatic N) is 2. The molecule has 0 aliphatic carbocycles. The number of benzene rings is 4. The summed E-state index contributed by atoms with van der Waals surface area (Å²) in [7, 11) is -7.05. The number of carbonyl (C=O) groups excluding carboxylic acids is 2. The van der Waals surface area contributed by atoms with Gasteiger partial charge in [0.15, 0.2) is 0 Å². The molecule has 10 nitrogen and oxygen atoms in total. The van der Waals surface area contributed by atoms with Crippen LogP contribution < -0.4 is 19.2 Å². The summed E-state index contributed by atoms with van der Waals surface area (Å²) in [5.74, 6) is -0.456. The first kappa shape index (κ1) is 36.2. The van der Waals surface area contributed by atoms with Crippen LogP contribution in [0.1, 0.15) is 57.5 Å². The van der Waals surface area contributed by atoms with Gasteiger partial charge in [-0.15, -0.1) is 0 Å². The van der Waals surface area contributed by atoms with Crippen molar-refractivity contribution >= 4 is 43.2 Å². The summed E-state index contributed by atoms with van der Waals surface area (Å²) in [5.41, 5.74) is 3.58. The fraction of sp³-hybridized carbons (Fsp3) is 0.278. The lowest BCUT2D eigenvalue weighted by Crippen LogP contribution is -2.29. The van der Waals surface area contributed by atoms with Gasteiger partial charge in [-0.1, -0.05) is 73.5 Å². The van der Waals surface area contributed by atoms with E-state index in [2.05, 4.69) is 10.6 Å². The van der Waals surface area contributed by atoms with E-state index in [9.17, 15) is 26.4 Å². The molecule has 4 aromatic rings. The lowest BCUT2D eigenvalue weighted by molar-refractivity contribution is 0.0943. The number of hydrogen-bond donors (Lipinski definition) is 2. The number of unbranched alkanes of at least 4 members (excludes halogenated alkanes) is 3. The zero-order valence-corrected chi connectivity index (χ0v) is 28.8. The molecule has 0 aliphatic heterocycles. The smallest absolute Gasteiger partial charge is 0.251 e. The van der Waals surface area contributed by atoms with Crippen LogP contribution in [0.4, 0.5) is 11.4 Å². The van der Waals surface area contributed by atoms with E-state index in [1.807, 2.05) is 60.7 Å². The van der Waals surface area contributed by atoms with E-state index >= 15 is 0 Å². The fourth-order valence-corrected chi connectivity index (χ4v) is 6.84. The van der Waals surface area contributed by atoms with Crippen molar-refractivity contribution in [3.8, 4) is 0 Å². The van der Waals surface area contributed by atoms with Crippen LogP contribution in [-0.2, 0) is 33.1 Å². The average Bonchev–Trinajstić information content (AvgIpc) is 3.07. The molecule has 0 radical (unpaired) electrons. The van der Waals surface area contributed by atoms with E-state index in [1.54, 1.807) is 48.5 Å². The Labute approximate surface area is 283 Å². The molecule has 254 valence electrons. The second-order valence-electron chi connectivity index (χ2n) is 11.5. The van der Waals surface area contributed by atoms with E-state index in [4.69, 9.17) is 0 Å². The first-order chi connectivity index (χ1) is 22.9. The van der Waals surface area contributed by atoms with Crippen LogP contribution >= 0.6 is 0 Å². The van der Waals surface area contributed by atoms with Gasteiger partial charge in [0.1, 0.15) is 0 Å². The average molecular weight is 691 g/mol. The molecule has 0 saturated carbocycles. The van der Waals surface area contributed by atoms with Crippen LogP contribution in [0.15, 0.2) is 109 Å². The van der Waals surface area contributed by atoms with Crippen molar-refractivity contribution in [2.45, 2.75) is 38.8 Å². The number of sulfonamides is 2. The van der Waals surface area contributed by atoms with Crippen LogP contribution in [0.5, 0.6) is 0 Å². The molecule has 2 amide bonds. The number of nitrogens with one attached hydrogen (secondary N) is 2. The summed E-state index contributed by atoms with van der Waals surface area (Å²) in [6.07, 6.45) is 5.61. The lowest BCUT2D eigenvalue weighted by atomic mass is 10.1. The van der Waals surface area contributed by atoms with Gasteiger partial charge in [-0.25, -0.2) is 16.8 Å². The molecular weight excluding hydrogens is 649 g/mol. The molecule has 12 heteroatoms. The van der Waals surface area contributed by atoms with Gasteiger partial charge in [-0.05, 0) is 72.5 Å². The summed E-state index contributed by atoms with van der Waals surface area (Å²) in [5, 5.41) is 5.80. The summed E-state index contributed by atoms with van der Waals surface area (Å²) in [6, 6.07) is 31.7. The Bertz CT molecular complexity index is 1710. The Hall–Kier alpha value is -4.68. The molecule has 0 aliphatic rings. The summed E-state index contributed by atoms with van der Waals surface area (Å²) >= 11 is 0. The van der Waals surface area contributed by atoms with Gasteiger partial charge in [0, 0.05) is 24.2 Å². The highest BCUT2D eigenvalue weighted by atomic mass is 32.2. The van der Waals surface area contributed by atoms with Crippen molar-refractivity contribution in [2.75, 3.05) is 34.2 Å². The Balaban J connectivity index is 1.15. The van der Waals surface area contributed by atoms with E-state index in [-0.39, 0.29) is 24.9 Å². The number of anilines is 2. The molecule has 0 bridgehead atoms. The highest BCUT2D eigenvalue weighted by Crippen LogP contribution is 2.23. The van der Waals surface area contributed by atoms with Crippen LogP contribution in [0.2, 0.25) is 0 Å². The molecule has 4 aromatic carbocycles. The SMILES string of the molecule is CS(=O)(=O)N(Cc1ccccc1)c1ccc(C(=O)NCCCCCCNC(=O)c2ccc(N(Cc3ccccc3)S(C)(=O)=O)cc2)cc1. The summed E-state index contributed by atoms with van der Waals surface area (Å²) < 4.78 is 52.4. The maximum atomic E-state index is 12.6. The maximum absolute atomic E-state index is 12.6. The molecule has 0 unspecified atom stereocenters. The fourth-order valence-electron chi connectivity index (χ4n) is 5.07. The molecule has 4 rings (SSSR count). The standard InChI is InChI=1S/C36H42N4O6S2/c1-47(43,44)39(27-29-13-7-5-8-14-29)33-21-17-31(18-22-33)35(41)37-25-11-3-4-12-26-38-36(42)32-19-23-34(24-20-32)40(48(2,45)46)28-30-15-9-6-10-16-30/h5-10,13-24H,3-4,11-12,25-28H2,1-2H3,(H,37,41)(H,38,42). The van der Waals surface area contributed by atoms with Crippen molar-refractivity contribution in [3.63, 3.8) is 0 Å². The highest BCUT2D eigenvalue weighted by Gasteiger charge is 2.20. The van der Waals surface area contributed by atoms with Crippen LogP contribution in [0.3, 0.4) is 0 Å². The van der Waals surface area contributed by atoms with Gasteiger partial charge in [0.05, 0.1) is 37.0 Å². The minimum absolute atomic E-state index is 0.198. The van der Waals surface area contributed by atoms with Gasteiger partial charge in [0.25, 0.3) is 11.8 Å². The van der Waals surface area contributed by atoms with E-state index in [0.717, 1.165) is 49.3 Å². The predicted octanol–water partition coefficient (Wildman–Crippen LogP) is 5.34. The van der Waals surface area contributed by atoms with Gasteiger partial charge in [-0.3, -0.25) is 18.2 Å². The Morgan fingerprint density at radius 1 is 0.500 bits per heavy atom. The van der Waals surface area contributed by atoms with Crippen molar-refractivity contribution < 1.29 is 26.4 Å². The largest absolute Gasteiger partial charge is 0.352 e. The van der Waals surface area contributed by atoms with Gasteiger partial charge in [-0.2, -0.15) is 0 Å². The summed E-state index contributed by atoms with van der Waals surface area (Å²) in [6.45, 7) is 1.39. The lowest BCUT2D eigenvalue weighted by Gasteiger charge is -2.22. The first-order valence-electron chi connectivity index (χ1n) is 15.7. The molecular formula is C36H42N4O6S2. The molecule has 0 spiro atoms. The quantitative estimate of drug-likeness (QED) is 0.144. The third-order valence-corrected chi connectivity index (χ3v) is 9.93. The topological polar surface area (TPSA) is 133 Å². The Morgan fingerprint density at radius 2 is 0.833 bits per heavy atom. The second kappa shape index (κ2) is 16.9. The zero-order valence-electron chi connectivity index (χ0n) is 27.2. The van der Waals surface area contributed by atoms with Crippen molar-refractivity contribution in [1.82, 2.24) is 10.6 Å². The minimum Gasteiger partial charge on any atom is -0.352 e. The van der Waals surface area contributed by atoms with E-state index in [0.29, 0.717) is 35.6 Å². The number of hydrogen-bond acceptors (Lipinski definition) is 6. The molecule has 0 heterocycles. The second-order valence-corrected chi connectivity index (χ2v) is 15.3.